The lowest BCUT2D eigenvalue weighted by atomic mass is 10.0. The van der Waals surface area contributed by atoms with E-state index in [2.05, 4.69) is 10.6 Å². The number of methoxy groups -OCH3 is 1. The molecule has 1 saturated heterocycles. The van der Waals surface area contributed by atoms with E-state index in [-0.39, 0.29) is 18.3 Å². The number of esters is 1. The summed E-state index contributed by atoms with van der Waals surface area (Å²) in [6, 6.07) is 6.00. The summed E-state index contributed by atoms with van der Waals surface area (Å²) in [6.45, 7) is 1.98. The number of carbonyl (C=O) groups excluding carboxylic acids is 2. The Balaban J connectivity index is 0.00000264. The highest BCUT2D eigenvalue weighted by Crippen LogP contribution is 2.19. The van der Waals surface area contributed by atoms with Crippen molar-refractivity contribution < 1.29 is 14.3 Å². The van der Waals surface area contributed by atoms with Crippen LogP contribution in [0.25, 0.3) is 0 Å². The molecule has 2 N–H and O–H groups in total. The van der Waals surface area contributed by atoms with Crippen molar-refractivity contribution in [1.82, 2.24) is 10.6 Å². The summed E-state index contributed by atoms with van der Waals surface area (Å²) in [5.41, 5.74) is 0.659. The van der Waals surface area contributed by atoms with Crippen LogP contribution in [0, 0.1) is 5.92 Å². The van der Waals surface area contributed by atoms with E-state index >= 15 is 0 Å². The van der Waals surface area contributed by atoms with Gasteiger partial charge in [0, 0.05) is 11.4 Å². The number of ether oxygens (including phenoxy) is 1. The zero-order valence-electron chi connectivity index (χ0n) is 13.0. The van der Waals surface area contributed by atoms with Crippen molar-refractivity contribution in [2.75, 3.05) is 20.2 Å². The maximum atomic E-state index is 12.1. The van der Waals surface area contributed by atoms with Gasteiger partial charge in [0.05, 0.1) is 7.11 Å². The molecule has 1 heterocycles. The van der Waals surface area contributed by atoms with Crippen LogP contribution in [-0.2, 0) is 14.3 Å². The maximum absolute atomic E-state index is 12.1. The summed E-state index contributed by atoms with van der Waals surface area (Å²) >= 11 is 5.85. The number of halogens is 2. The lowest BCUT2D eigenvalue weighted by Crippen LogP contribution is -2.34. The van der Waals surface area contributed by atoms with Crippen molar-refractivity contribution in [3.8, 4) is 0 Å². The van der Waals surface area contributed by atoms with Gasteiger partial charge in [-0.05, 0) is 49.5 Å². The fraction of sp³-hybridized carbons (Fsp3) is 0.500. The molecule has 1 fully saturated rings. The number of hydrogen-bond donors (Lipinski definition) is 2. The molecule has 1 aromatic carbocycles. The van der Waals surface area contributed by atoms with E-state index < -0.39 is 12.0 Å². The average Bonchev–Trinajstić information content (AvgIpc) is 3.04. The normalized spacial score (nSPS) is 17.9. The first-order valence-corrected chi connectivity index (χ1v) is 7.81. The van der Waals surface area contributed by atoms with Crippen molar-refractivity contribution in [2.24, 2.45) is 5.92 Å². The first kappa shape index (κ1) is 19.7. The fourth-order valence-electron chi connectivity index (χ4n) is 2.58. The van der Waals surface area contributed by atoms with Crippen LogP contribution in [0.5, 0.6) is 0 Å². The third-order valence-corrected chi connectivity index (χ3v) is 4.14. The molecular formula is C16H22Cl2N2O3. The van der Waals surface area contributed by atoms with E-state index in [1.54, 1.807) is 24.3 Å². The van der Waals surface area contributed by atoms with Crippen molar-refractivity contribution in [2.45, 2.75) is 25.3 Å². The van der Waals surface area contributed by atoms with E-state index in [4.69, 9.17) is 16.3 Å². The standard InChI is InChI=1S/C16H21ClN2O3.ClH/c1-22-16(21)15(12-3-5-13(17)6-4-12)19-14(20)7-2-11-8-9-18-10-11;/h3-6,11,15,18H,2,7-10H2,1H3,(H,19,20);1H. The topological polar surface area (TPSA) is 67.4 Å². The molecule has 0 aromatic heterocycles. The van der Waals surface area contributed by atoms with Crippen molar-refractivity contribution >= 4 is 35.9 Å². The van der Waals surface area contributed by atoms with Gasteiger partial charge in [0.25, 0.3) is 0 Å². The van der Waals surface area contributed by atoms with Gasteiger partial charge in [0.1, 0.15) is 0 Å². The number of nitrogens with one attached hydrogen (secondary N) is 2. The highest BCUT2D eigenvalue weighted by Gasteiger charge is 2.24. The monoisotopic (exact) mass is 360 g/mol. The predicted octanol–water partition coefficient (Wildman–Crippen LogP) is 2.48. The molecule has 7 heteroatoms. The van der Waals surface area contributed by atoms with E-state index in [0.717, 1.165) is 25.9 Å². The van der Waals surface area contributed by atoms with Gasteiger partial charge in [-0.15, -0.1) is 12.4 Å². The minimum atomic E-state index is -0.795. The van der Waals surface area contributed by atoms with E-state index in [1.165, 1.54) is 7.11 Å². The Morgan fingerprint density at radius 2 is 2.09 bits per heavy atom. The molecule has 0 bridgehead atoms. The molecule has 2 unspecified atom stereocenters. The third kappa shape index (κ3) is 6.01. The molecule has 0 radical (unpaired) electrons. The molecule has 2 atom stereocenters. The van der Waals surface area contributed by atoms with Gasteiger partial charge in [-0.3, -0.25) is 4.79 Å². The quantitative estimate of drug-likeness (QED) is 0.764. The summed E-state index contributed by atoms with van der Waals surface area (Å²) in [7, 11) is 1.31. The molecule has 1 amide bonds. The SMILES string of the molecule is COC(=O)C(NC(=O)CCC1CCNC1)c1ccc(Cl)cc1.Cl. The minimum Gasteiger partial charge on any atom is -0.467 e. The largest absolute Gasteiger partial charge is 0.467 e. The van der Waals surface area contributed by atoms with Crippen LogP contribution in [-0.4, -0.2) is 32.1 Å². The molecule has 1 aromatic rings. The second kappa shape index (κ2) is 9.75. The lowest BCUT2D eigenvalue weighted by Gasteiger charge is -2.17. The third-order valence-electron chi connectivity index (χ3n) is 3.89. The average molecular weight is 361 g/mol. The van der Waals surface area contributed by atoms with Gasteiger partial charge >= 0.3 is 5.97 Å². The lowest BCUT2D eigenvalue weighted by molar-refractivity contribution is -0.145. The molecule has 1 aliphatic heterocycles. The van der Waals surface area contributed by atoms with Gasteiger partial charge in [0.15, 0.2) is 6.04 Å². The van der Waals surface area contributed by atoms with Crippen molar-refractivity contribution in [1.29, 1.82) is 0 Å². The minimum absolute atomic E-state index is 0. The van der Waals surface area contributed by atoms with Crippen LogP contribution >= 0.6 is 24.0 Å². The Kier molecular flexibility index (Phi) is 8.37. The molecule has 2 rings (SSSR count). The Morgan fingerprint density at radius 1 is 1.39 bits per heavy atom. The Hall–Kier alpha value is -1.30. The van der Waals surface area contributed by atoms with Gasteiger partial charge in [-0.1, -0.05) is 23.7 Å². The van der Waals surface area contributed by atoms with Gasteiger partial charge < -0.3 is 15.4 Å². The van der Waals surface area contributed by atoms with Crippen LogP contribution in [0.1, 0.15) is 30.9 Å². The number of amides is 1. The van der Waals surface area contributed by atoms with Crippen LogP contribution in [0.15, 0.2) is 24.3 Å². The predicted molar refractivity (Wildman–Crippen MR) is 91.8 cm³/mol. The summed E-state index contributed by atoms with van der Waals surface area (Å²) < 4.78 is 4.78. The van der Waals surface area contributed by atoms with Gasteiger partial charge in [-0.2, -0.15) is 0 Å². The van der Waals surface area contributed by atoms with E-state index in [9.17, 15) is 9.59 Å². The molecule has 0 spiro atoms. The van der Waals surface area contributed by atoms with Gasteiger partial charge in [-0.25, -0.2) is 4.79 Å². The molecule has 23 heavy (non-hydrogen) atoms. The molecule has 5 nitrogen and oxygen atoms in total. The maximum Gasteiger partial charge on any atom is 0.333 e. The Bertz CT molecular complexity index is 517. The first-order valence-electron chi connectivity index (χ1n) is 7.43. The summed E-state index contributed by atoms with van der Waals surface area (Å²) in [5, 5.41) is 6.60. The number of carbonyl (C=O) groups is 2. The zero-order valence-corrected chi connectivity index (χ0v) is 14.6. The van der Waals surface area contributed by atoms with E-state index in [0.29, 0.717) is 22.9 Å². The fourth-order valence-corrected chi connectivity index (χ4v) is 2.71. The molecule has 0 aliphatic carbocycles. The summed E-state index contributed by atoms with van der Waals surface area (Å²) in [5.74, 6) is -0.0895. The Morgan fingerprint density at radius 3 is 2.65 bits per heavy atom. The second-order valence-electron chi connectivity index (χ2n) is 5.47. The zero-order chi connectivity index (χ0) is 15.9. The molecule has 1 aliphatic rings. The molecule has 0 saturated carbocycles. The van der Waals surface area contributed by atoms with Gasteiger partial charge in [0.2, 0.25) is 5.91 Å². The van der Waals surface area contributed by atoms with E-state index in [1.807, 2.05) is 0 Å². The van der Waals surface area contributed by atoms with Crippen LogP contribution in [0.3, 0.4) is 0 Å². The second-order valence-corrected chi connectivity index (χ2v) is 5.91. The highest BCUT2D eigenvalue weighted by atomic mass is 35.5. The Labute approximate surface area is 147 Å². The number of hydrogen-bond acceptors (Lipinski definition) is 4. The number of benzene rings is 1. The van der Waals surface area contributed by atoms with Crippen LogP contribution in [0.4, 0.5) is 0 Å². The molecule has 128 valence electrons. The van der Waals surface area contributed by atoms with Crippen LogP contribution < -0.4 is 10.6 Å². The summed E-state index contributed by atoms with van der Waals surface area (Å²) in [4.78, 5) is 24.0. The first-order chi connectivity index (χ1) is 10.6. The summed E-state index contributed by atoms with van der Waals surface area (Å²) in [6.07, 6.45) is 2.34. The highest BCUT2D eigenvalue weighted by molar-refractivity contribution is 6.30. The van der Waals surface area contributed by atoms with Crippen LogP contribution in [0.2, 0.25) is 5.02 Å². The molecular weight excluding hydrogens is 339 g/mol. The smallest absolute Gasteiger partial charge is 0.333 e. The number of rotatable bonds is 6. The van der Waals surface area contributed by atoms with Crippen molar-refractivity contribution in [3.63, 3.8) is 0 Å². The van der Waals surface area contributed by atoms with Crippen molar-refractivity contribution in [3.05, 3.63) is 34.9 Å².